The summed E-state index contributed by atoms with van der Waals surface area (Å²) in [7, 11) is 0. The molecule has 3 nitrogen and oxygen atoms in total. The van der Waals surface area contributed by atoms with E-state index in [9.17, 15) is 5.26 Å². The Bertz CT molecular complexity index is 878. The molecule has 6 heteroatoms. The average molecular weight is 337 g/mol. The lowest BCUT2D eigenvalue weighted by Gasteiger charge is -2.09. The van der Waals surface area contributed by atoms with Gasteiger partial charge in [-0.05, 0) is 24.3 Å². The summed E-state index contributed by atoms with van der Waals surface area (Å²) in [6.07, 6.45) is 0. The van der Waals surface area contributed by atoms with E-state index in [-0.39, 0.29) is 5.88 Å². The topological polar surface area (TPSA) is 41.6 Å². The van der Waals surface area contributed by atoms with Crippen molar-refractivity contribution in [2.45, 2.75) is 5.88 Å². The van der Waals surface area contributed by atoms with E-state index in [1.54, 1.807) is 18.2 Å². The SMILES string of the molecule is N#Cc1ccccc1-n1c(CCl)nc2cc(Cl)c(Cl)cc21. The van der Waals surface area contributed by atoms with E-state index in [1.807, 2.05) is 22.8 Å². The summed E-state index contributed by atoms with van der Waals surface area (Å²) in [6.45, 7) is 0. The average Bonchev–Trinajstić information content (AvgIpc) is 2.85. The quantitative estimate of drug-likeness (QED) is 0.622. The van der Waals surface area contributed by atoms with Crippen LogP contribution in [0.15, 0.2) is 36.4 Å². The van der Waals surface area contributed by atoms with Crippen LogP contribution in [0.3, 0.4) is 0 Å². The molecule has 0 aliphatic carbocycles. The highest BCUT2D eigenvalue weighted by atomic mass is 35.5. The van der Waals surface area contributed by atoms with Crippen LogP contribution in [0.4, 0.5) is 0 Å². The molecule has 3 rings (SSSR count). The van der Waals surface area contributed by atoms with E-state index in [4.69, 9.17) is 34.8 Å². The van der Waals surface area contributed by atoms with Gasteiger partial charge in [0.05, 0.1) is 38.2 Å². The summed E-state index contributed by atoms with van der Waals surface area (Å²) in [5.74, 6) is 0.844. The molecule has 21 heavy (non-hydrogen) atoms. The molecule has 0 saturated heterocycles. The minimum absolute atomic E-state index is 0.212. The van der Waals surface area contributed by atoms with Crippen molar-refractivity contribution >= 4 is 45.8 Å². The number of nitrogens with zero attached hydrogens (tertiary/aromatic N) is 3. The molecule has 104 valence electrons. The van der Waals surface area contributed by atoms with Crippen LogP contribution in [0.25, 0.3) is 16.7 Å². The standard InChI is InChI=1S/C15H8Cl3N3/c16-7-15-20-12-5-10(17)11(18)6-14(12)21(15)13-4-2-1-3-9(13)8-19/h1-6H,7H2. The number of alkyl halides is 1. The first-order valence-corrected chi connectivity index (χ1v) is 7.36. The van der Waals surface area contributed by atoms with Crippen LogP contribution in [-0.4, -0.2) is 9.55 Å². The maximum absolute atomic E-state index is 9.29. The molecular formula is C15H8Cl3N3. The zero-order valence-electron chi connectivity index (χ0n) is 10.6. The number of hydrogen-bond donors (Lipinski definition) is 0. The fourth-order valence-corrected chi connectivity index (χ4v) is 2.74. The minimum atomic E-state index is 0.212. The van der Waals surface area contributed by atoms with Crippen molar-refractivity contribution in [1.82, 2.24) is 9.55 Å². The molecule has 3 aromatic rings. The second kappa shape index (κ2) is 5.57. The number of hydrogen-bond acceptors (Lipinski definition) is 2. The van der Waals surface area contributed by atoms with Gasteiger partial charge in [-0.3, -0.25) is 4.57 Å². The third kappa shape index (κ3) is 2.36. The van der Waals surface area contributed by atoms with E-state index in [2.05, 4.69) is 11.1 Å². The fraction of sp³-hybridized carbons (Fsp3) is 0.0667. The van der Waals surface area contributed by atoms with E-state index in [0.29, 0.717) is 26.9 Å². The van der Waals surface area contributed by atoms with E-state index < -0.39 is 0 Å². The molecule has 0 aliphatic heterocycles. The second-order valence-electron chi connectivity index (χ2n) is 4.38. The third-order valence-electron chi connectivity index (χ3n) is 3.15. The van der Waals surface area contributed by atoms with Gasteiger partial charge in [0, 0.05) is 0 Å². The number of benzene rings is 2. The Morgan fingerprint density at radius 1 is 1.14 bits per heavy atom. The van der Waals surface area contributed by atoms with Crippen molar-refractivity contribution in [1.29, 1.82) is 5.26 Å². The number of aromatic nitrogens is 2. The lowest BCUT2D eigenvalue weighted by atomic mass is 10.2. The highest BCUT2D eigenvalue weighted by molar-refractivity contribution is 6.42. The summed E-state index contributed by atoms with van der Waals surface area (Å²) in [5.41, 5.74) is 2.71. The molecule has 0 aliphatic rings. The Morgan fingerprint density at radius 2 is 1.86 bits per heavy atom. The summed E-state index contributed by atoms with van der Waals surface area (Å²) in [6, 6.07) is 12.9. The normalized spacial score (nSPS) is 10.8. The number of rotatable bonds is 2. The Kier molecular flexibility index (Phi) is 3.77. The summed E-state index contributed by atoms with van der Waals surface area (Å²) >= 11 is 18.1. The van der Waals surface area contributed by atoms with Crippen molar-refractivity contribution in [3.05, 3.63) is 57.8 Å². The largest absolute Gasteiger partial charge is 0.294 e. The lowest BCUT2D eigenvalue weighted by molar-refractivity contribution is 0.978. The Balaban J connectivity index is 2.41. The van der Waals surface area contributed by atoms with Crippen molar-refractivity contribution < 1.29 is 0 Å². The van der Waals surface area contributed by atoms with Gasteiger partial charge in [0.2, 0.25) is 0 Å². The first-order valence-electron chi connectivity index (χ1n) is 6.07. The van der Waals surface area contributed by atoms with Crippen LogP contribution in [0.5, 0.6) is 0 Å². The first kappa shape index (κ1) is 14.2. The summed E-state index contributed by atoms with van der Waals surface area (Å²) < 4.78 is 1.84. The molecule has 0 amide bonds. The fourth-order valence-electron chi connectivity index (χ4n) is 2.24. The van der Waals surface area contributed by atoms with Gasteiger partial charge in [-0.1, -0.05) is 35.3 Å². The van der Waals surface area contributed by atoms with Crippen LogP contribution in [0.1, 0.15) is 11.4 Å². The van der Waals surface area contributed by atoms with Gasteiger partial charge in [0.1, 0.15) is 11.9 Å². The van der Waals surface area contributed by atoms with Gasteiger partial charge in [0.15, 0.2) is 0 Å². The Hall–Kier alpha value is -1.73. The lowest BCUT2D eigenvalue weighted by Crippen LogP contribution is -2.01. The van der Waals surface area contributed by atoms with Crippen molar-refractivity contribution in [2.75, 3.05) is 0 Å². The molecule has 2 aromatic carbocycles. The molecular weight excluding hydrogens is 329 g/mol. The molecule has 1 aromatic heterocycles. The number of para-hydroxylation sites is 1. The second-order valence-corrected chi connectivity index (χ2v) is 5.46. The number of nitriles is 1. The predicted molar refractivity (Wildman–Crippen MR) is 85.4 cm³/mol. The summed E-state index contributed by atoms with van der Waals surface area (Å²) in [4.78, 5) is 4.46. The monoisotopic (exact) mass is 335 g/mol. The van der Waals surface area contributed by atoms with Gasteiger partial charge in [-0.25, -0.2) is 4.98 Å². The highest BCUT2D eigenvalue weighted by Gasteiger charge is 2.16. The molecule has 0 saturated carbocycles. The van der Waals surface area contributed by atoms with Crippen LogP contribution in [-0.2, 0) is 5.88 Å². The maximum Gasteiger partial charge on any atom is 0.129 e. The van der Waals surface area contributed by atoms with Crippen LogP contribution < -0.4 is 0 Å². The van der Waals surface area contributed by atoms with Gasteiger partial charge >= 0.3 is 0 Å². The molecule has 0 bridgehead atoms. The molecule has 0 spiro atoms. The van der Waals surface area contributed by atoms with E-state index in [1.165, 1.54) is 0 Å². The number of halogens is 3. The third-order valence-corrected chi connectivity index (χ3v) is 4.11. The molecule has 1 heterocycles. The number of fused-ring (bicyclic) bond motifs is 1. The Morgan fingerprint density at radius 3 is 2.57 bits per heavy atom. The molecule has 0 radical (unpaired) electrons. The molecule has 0 unspecified atom stereocenters. The van der Waals surface area contributed by atoms with Crippen LogP contribution in [0.2, 0.25) is 10.0 Å². The van der Waals surface area contributed by atoms with E-state index in [0.717, 1.165) is 11.2 Å². The molecule has 0 N–H and O–H groups in total. The van der Waals surface area contributed by atoms with Gasteiger partial charge in [-0.2, -0.15) is 5.26 Å². The van der Waals surface area contributed by atoms with Crippen molar-refractivity contribution in [3.8, 4) is 11.8 Å². The van der Waals surface area contributed by atoms with Crippen molar-refractivity contribution in [2.24, 2.45) is 0 Å². The van der Waals surface area contributed by atoms with E-state index >= 15 is 0 Å². The minimum Gasteiger partial charge on any atom is -0.294 e. The predicted octanol–water partition coefficient (Wildman–Crippen LogP) is 4.94. The summed E-state index contributed by atoms with van der Waals surface area (Å²) in [5, 5.41) is 10.2. The first-order chi connectivity index (χ1) is 10.2. The maximum atomic E-state index is 9.29. The van der Waals surface area contributed by atoms with Gasteiger partial charge in [-0.15, -0.1) is 11.6 Å². The van der Waals surface area contributed by atoms with Crippen molar-refractivity contribution in [3.63, 3.8) is 0 Å². The highest BCUT2D eigenvalue weighted by Crippen LogP contribution is 2.31. The Labute approximate surface area is 136 Å². The van der Waals surface area contributed by atoms with Gasteiger partial charge < -0.3 is 0 Å². The number of imidazole rings is 1. The smallest absolute Gasteiger partial charge is 0.129 e. The molecule has 0 fully saturated rings. The van der Waals surface area contributed by atoms with Gasteiger partial charge in [0.25, 0.3) is 0 Å². The van der Waals surface area contributed by atoms with Crippen LogP contribution in [0, 0.1) is 11.3 Å². The zero-order valence-corrected chi connectivity index (χ0v) is 12.9. The van der Waals surface area contributed by atoms with Crippen LogP contribution >= 0.6 is 34.8 Å². The zero-order chi connectivity index (χ0) is 15.0. The molecule has 0 atom stereocenters.